The Kier molecular flexibility index (Phi) is 4.78. The van der Waals surface area contributed by atoms with Crippen LogP contribution >= 0.6 is 0 Å². The zero-order valence-corrected chi connectivity index (χ0v) is 15.2. The van der Waals surface area contributed by atoms with Gasteiger partial charge in [0, 0.05) is 45.7 Å². The van der Waals surface area contributed by atoms with Crippen LogP contribution in [0.1, 0.15) is 17.0 Å². The lowest BCUT2D eigenvalue weighted by Gasteiger charge is -2.38. The monoisotopic (exact) mass is 352 g/mol. The second-order valence-electron chi connectivity index (χ2n) is 6.95. The van der Waals surface area contributed by atoms with Gasteiger partial charge in [-0.15, -0.1) is 0 Å². The van der Waals surface area contributed by atoms with Gasteiger partial charge in [0.25, 0.3) is 0 Å². The third-order valence-electron chi connectivity index (χ3n) is 5.45. The molecule has 2 aliphatic rings. The molecule has 0 saturated carbocycles. The Hall–Kier alpha value is -2.56. The maximum Gasteiger partial charge on any atom is 0.193 e. The quantitative estimate of drug-likeness (QED) is 0.681. The van der Waals surface area contributed by atoms with Crippen molar-refractivity contribution in [2.75, 3.05) is 44.7 Å². The fourth-order valence-electron chi connectivity index (χ4n) is 3.96. The van der Waals surface area contributed by atoms with Crippen molar-refractivity contribution >= 4 is 11.6 Å². The van der Waals surface area contributed by atoms with Crippen LogP contribution in [0.2, 0.25) is 0 Å². The van der Waals surface area contributed by atoms with E-state index in [9.17, 15) is 4.39 Å². The zero-order chi connectivity index (χ0) is 17.9. The number of para-hydroxylation sites is 1. The molecule has 1 N–H and O–H groups in total. The van der Waals surface area contributed by atoms with Gasteiger partial charge in [-0.05, 0) is 29.7 Å². The first kappa shape index (κ1) is 16.9. The van der Waals surface area contributed by atoms with Crippen molar-refractivity contribution in [3.05, 3.63) is 65.5 Å². The Morgan fingerprint density at radius 3 is 2.54 bits per heavy atom. The molecule has 0 radical (unpaired) electrons. The number of hydrogen-bond donors (Lipinski definition) is 1. The molecule has 1 aliphatic carbocycles. The first-order chi connectivity index (χ1) is 12.8. The van der Waals surface area contributed by atoms with Crippen LogP contribution in [0.3, 0.4) is 0 Å². The third kappa shape index (κ3) is 3.26. The van der Waals surface area contributed by atoms with Crippen molar-refractivity contribution in [2.24, 2.45) is 4.99 Å². The van der Waals surface area contributed by atoms with E-state index in [1.165, 1.54) is 17.2 Å². The highest BCUT2D eigenvalue weighted by atomic mass is 19.1. The van der Waals surface area contributed by atoms with Crippen molar-refractivity contribution in [3.63, 3.8) is 0 Å². The van der Waals surface area contributed by atoms with E-state index in [0.717, 1.165) is 45.1 Å². The van der Waals surface area contributed by atoms with E-state index in [1.54, 1.807) is 6.07 Å². The molecule has 0 aromatic heterocycles. The van der Waals surface area contributed by atoms with E-state index in [2.05, 4.69) is 44.4 Å². The summed E-state index contributed by atoms with van der Waals surface area (Å²) in [6.45, 7) is 4.20. The van der Waals surface area contributed by atoms with E-state index < -0.39 is 0 Å². The molecule has 0 spiro atoms. The van der Waals surface area contributed by atoms with E-state index in [0.29, 0.717) is 11.6 Å². The molecule has 26 heavy (non-hydrogen) atoms. The van der Waals surface area contributed by atoms with Gasteiger partial charge in [-0.3, -0.25) is 4.99 Å². The van der Waals surface area contributed by atoms with Crippen molar-refractivity contribution in [3.8, 4) is 0 Å². The summed E-state index contributed by atoms with van der Waals surface area (Å²) < 4.78 is 14.0. The number of halogens is 1. The number of hydrogen-bond acceptors (Lipinski definition) is 2. The van der Waals surface area contributed by atoms with Crippen LogP contribution in [0.25, 0.3) is 0 Å². The molecule has 0 amide bonds. The number of piperazine rings is 1. The molecule has 1 aliphatic heterocycles. The summed E-state index contributed by atoms with van der Waals surface area (Å²) in [7, 11) is 1.83. The van der Waals surface area contributed by atoms with Crippen LogP contribution in [0.15, 0.2) is 53.5 Å². The Morgan fingerprint density at radius 1 is 1.08 bits per heavy atom. The van der Waals surface area contributed by atoms with Gasteiger partial charge in [-0.1, -0.05) is 36.4 Å². The highest BCUT2D eigenvalue weighted by molar-refractivity contribution is 5.80. The minimum absolute atomic E-state index is 0.146. The molecule has 136 valence electrons. The Morgan fingerprint density at radius 2 is 1.81 bits per heavy atom. The summed E-state index contributed by atoms with van der Waals surface area (Å²) in [5.74, 6) is 1.37. The van der Waals surface area contributed by atoms with Crippen molar-refractivity contribution in [2.45, 2.75) is 12.3 Å². The summed E-state index contributed by atoms with van der Waals surface area (Å²) in [6.07, 6.45) is 1.14. The van der Waals surface area contributed by atoms with E-state index in [1.807, 2.05) is 19.2 Å². The van der Waals surface area contributed by atoms with Crippen LogP contribution in [-0.2, 0) is 6.42 Å². The van der Waals surface area contributed by atoms with Crippen LogP contribution in [0.4, 0.5) is 10.1 Å². The lowest BCUT2D eigenvalue weighted by Crippen LogP contribution is -2.53. The summed E-state index contributed by atoms with van der Waals surface area (Å²) >= 11 is 0. The van der Waals surface area contributed by atoms with E-state index in [4.69, 9.17) is 0 Å². The van der Waals surface area contributed by atoms with E-state index >= 15 is 0 Å². The number of fused-ring (bicyclic) bond motifs is 1. The van der Waals surface area contributed by atoms with Crippen LogP contribution < -0.4 is 10.2 Å². The smallest absolute Gasteiger partial charge is 0.193 e. The van der Waals surface area contributed by atoms with Crippen molar-refractivity contribution in [1.29, 1.82) is 0 Å². The molecule has 4 rings (SSSR count). The first-order valence-electron chi connectivity index (χ1n) is 9.29. The van der Waals surface area contributed by atoms with Gasteiger partial charge in [0.15, 0.2) is 5.96 Å². The maximum atomic E-state index is 14.0. The zero-order valence-electron chi connectivity index (χ0n) is 15.2. The highest BCUT2D eigenvalue weighted by Gasteiger charge is 2.27. The molecule has 2 aromatic carbocycles. The fraction of sp³-hybridized carbons (Fsp3) is 0.381. The molecule has 1 saturated heterocycles. The number of guanidine groups is 1. The van der Waals surface area contributed by atoms with Gasteiger partial charge < -0.3 is 15.1 Å². The fourth-order valence-corrected chi connectivity index (χ4v) is 3.96. The average Bonchev–Trinajstić information content (AvgIpc) is 2.66. The van der Waals surface area contributed by atoms with Gasteiger partial charge >= 0.3 is 0 Å². The van der Waals surface area contributed by atoms with Gasteiger partial charge in [-0.2, -0.15) is 0 Å². The van der Waals surface area contributed by atoms with Crippen molar-refractivity contribution in [1.82, 2.24) is 10.2 Å². The predicted octanol–water partition coefficient (Wildman–Crippen LogP) is 2.86. The molecule has 1 unspecified atom stereocenters. The van der Waals surface area contributed by atoms with Crippen molar-refractivity contribution < 1.29 is 4.39 Å². The Bertz CT molecular complexity index is 796. The van der Waals surface area contributed by atoms with Crippen LogP contribution in [0.5, 0.6) is 0 Å². The number of benzene rings is 2. The summed E-state index contributed by atoms with van der Waals surface area (Å²) in [4.78, 5) is 8.83. The Labute approximate surface area is 154 Å². The van der Waals surface area contributed by atoms with Crippen LogP contribution in [-0.4, -0.2) is 50.6 Å². The van der Waals surface area contributed by atoms with Gasteiger partial charge in [0.05, 0.1) is 5.69 Å². The second kappa shape index (κ2) is 7.36. The summed E-state index contributed by atoms with van der Waals surface area (Å²) in [6, 6.07) is 15.7. The summed E-state index contributed by atoms with van der Waals surface area (Å²) in [5.41, 5.74) is 3.62. The van der Waals surface area contributed by atoms with E-state index in [-0.39, 0.29) is 5.82 Å². The average molecular weight is 352 g/mol. The minimum Gasteiger partial charge on any atom is -0.366 e. The third-order valence-corrected chi connectivity index (χ3v) is 5.45. The minimum atomic E-state index is -0.146. The topological polar surface area (TPSA) is 30.9 Å². The molecule has 5 heteroatoms. The number of rotatable bonds is 3. The molecular formula is C21H25FN4. The first-order valence-corrected chi connectivity index (χ1v) is 9.29. The predicted molar refractivity (Wildman–Crippen MR) is 104 cm³/mol. The standard InChI is InChI=1S/C21H25FN4/c1-23-21(24-15-17-14-16-6-2-3-7-18(16)17)26-12-10-25(11-13-26)20-9-5-4-8-19(20)22/h2-9,17H,10-15H2,1H3,(H,23,24). The molecule has 1 atom stereocenters. The maximum absolute atomic E-state index is 14.0. The number of nitrogens with zero attached hydrogens (tertiary/aromatic N) is 3. The number of anilines is 1. The lowest BCUT2D eigenvalue weighted by atomic mass is 9.78. The number of aliphatic imine (C=N–C) groups is 1. The van der Waals surface area contributed by atoms with Gasteiger partial charge in [0.1, 0.15) is 5.82 Å². The Balaban J connectivity index is 1.31. The molecule has 1 heterocycles. The SMILES string of the molecule is CN=C(NCC1Cc2ccccc21)N1CCN(c2ccccc2F)CC1. The van der Waals surface area contributed by atoms with Gasteiger partial charge in [0.2, 0.25) is 0 Å². The molecule has 1 fully saturated rings. The van der Waals surface area contributed by atoms with Crippen LogP contribution in [0, 0.1) is 5.82 Å². The second-order valence-corrected chi connectivity index (χ2v) is 6.95. The normalized spacial score (nSPS) is 19.8. The van der Waals surface area contributed by atoms with Gasteiger partial charge in [-0.25, -0.2) is 4.39 Å². The molecule has 4 nitrogen and oxygen atoms in total. The molecular weight excluding hydrogens is 327 g/mol. The summed E-state index contributed by atoms with van der Waals surface area (Å²) in [5, 5.41) is 3.53. The number of nitrogens with one attached hydrogen (secondary N) is 1. The molecule has 0 bridgehead atoms. The lowest BCUT2D eigenvalue weighted by molar-refractivity contribution is 0.368. The molecule has 2 aromatic rings. The highest BCUT2D eigenvalue weighted by Crippen LogP contribution is 2.34. The largest absolute Gasteiger partial charge is 0.366 e.